The van der Waals surface area contributed by atoms with Gasteiger partial charge in [0.2, 0.25) is 0 Å². The molecule has 5 heterocycles. The number of aromatic nitrogens is 5. The van der Waals surface area contributed by atoms with Gasteiger partial charge >= 0.3 is 5.97 Å². The predicted octanol–water partition coefficient (Wildman–Crippen LogP) is 4.91. The lowest BCUT2D eigenvalue weighted by atomic mass is 9.86. The molecule has 1 N–H and O–H groups in total. The zero-order valence-corrected chi connectivity index (χ0v) is 20.4. The average molecular weight is 486 g/mol. The first-order chi connectivity index (χ1) is 17.5. The van der Waals surface area contributed by atoms with E-state index in [4.69, 9.17) is 14.2 Å². The van der Waals surface area contributed by atoms with Gasteiger partial charge in [0, 0.05) is 37.6 Å². The summed E-state index contributed by atoms with van der Waals surface area (Å²) in [5.41, 5.74) is 6.59. The van der Waals surface area contributed by atoms with Crippen molar-refractivity contribution in [2.75, 3.05) is 13.2 Å². The SMILES string of the molecule is Cc1noc(C)c1-c1cnc2c3c(c(C(=O)O)nn3C)n([C@H](c3ccccc3)C3CCOCC3)c2c1. The highest BCUT2D eigenvalue weighted by Gasteiger charge is 2.33. The fourth-order valence-electron chi connectivity index (χ4n) is 5.72. The van der Waals surface area contributed by atoms with Gasteiger partial charge in [0.25, 0.3) is 0 Å². The number of carboxylic acids is 1. The van der Waals surface area contributed by atoms with Gasteiger partial charge in [-0.2, -0.15) is 5.10 Å². The van der Waals surface area contributed by atoms with Crippen LogP contribution in [-0.4, -0.2) is 48.8 Å². The van der Waals surface area contributed by atoms with Crippen LogP contribution in [0.5, 0.6) is 0 Å². The molecule has 1 atom stereocenters. The van der Waals surface area contributed by atoms with E-state index in [2.05, 4.69) is 33.0 Å². The molecular formula is C27H27N5O4. The number of rotatable bonds is 5. The molecule has 6 rings (SSSR count). The number of fused-ring (bicyclic) bond motifs is 3. The molecule has 5 aromatic rings. The molecule has 9 nitrogen and oxygen atoms in total. The van der Waals surface area contributed by atoms with E-state index < -0.39 is 5.97 Å². The minimum atomic E-state index is -1.06. The summed E-state index contributed by atoms with van der Waals surface area (Å²) < 4.78 is 14.9. The van der Waals surface area contributed by atoms with E-state index in [1.165, 1.54) is 0 Å². The van der Waals surface area contributed by atoms with Gasteiger partial charge in [0.05, 0.1) is 17.3 Å². The zero-order valence-electron chi connectivity index (χ0n) is 20.4. The third-order valence-corrected chi connectivity index (χ3v) is 7.27. The second kappa shape index (κ2) is 8.60. The van der Waals surface area contributed by atoms with Crippen molar-refractivity contribution in [2.45, 2.75) is 32.7 Å². The molecule has 0 amide bonds. The molecule has 184 valence electrons. The van der Waals surface area contributed by atoms with Gasteiger partial charge in [-0.1, -0.05) is 35.5 Å². The first-order valence-electron chi connectivity index (χ1n) is 12.1. The van der Waals surface area contributed by atoms with E-state index in [0.717, 1.165) is 46.3 Å². The molecule has 1 fully saturated rings. The normalized spacial score (nSPS) is 15.6. The van der Waals surface area contributed by atoms with Crippen molar-refractivity contribution in [1.29, 1.82) is 0 Å². The largest absolute Gasteiger partial charge is 0.476 e. The number of carbonyl (C=O) groups is 1. The number of pyridine rings is 1. The van der Waals surface area contributed by atoms with E-state index in [-0.39, 0.29) is 17.7 Å². The zero-order chi connectivity index (χ0) is 25.0. The van der Waals surface area contributed by atoms with Gasteiger partial charge in [-0.3, -0.25) is 9.67 Å². The lowest BCUT2D eigenvalue weighted by Gasteiger charge is -2.33. The molecule has 1 saturated heterocycles. The lowest BCUT2D eigenvalue weighted by Crippen LogP contribution is -2.27. The second-order valence-corrected chi connectivity index (χ2v) is 9.44. The summed E-state index contributed by atoms with van der Waals surface area (Å²) in [6, 6.07) is 12.2. The molecule has 9 heteroatoms. The van der Waals surface area contributed by atoms with Gasteiger partial charge < -0.3 is 18.9 Å². The molecule has 0 radical (unpaired) electrons. The first kappa shape index (κ1) is 22.5. The third-order valence-electron chi connectivity index (χ3n) is 7.27. The molecule has 36 heavy (non-hydrogen) atoms. The van der Waals surface area contributed by atoms with Crippen molar-refractivity contribution in [2.24, 2.45) is 13.0 Å². The van der Waals surface area contributed by atoms with Crippen molar-refractivity contribution >= 4 is 28.0 Å². The van der Waals surface area contributed by atoms with Gasteiger partial charge in [0.15, 0.2) is 5.69 Å². The highest BCUT2D eigenvalue weighted by molar-refractivity contribution is 6.11. The van der Waals surface area contributed by atoms with E-state index in [1.807, 2.05) is 32.0 Å². The number of aromatic carboxylic acids is 1. The summed E-state index contributed by atoms with van der Waals surface area (Å²) >= 11 is 0. The van der Waals surface area contributed by atoms with E-state index >= 15 is 0 Å². The van der Waals surface area contributed by atoms with Crippen LogP contribution in [0.1, 0.15) is 46.4 Å². The van der Waals surface area contributed by atoms with Crippen LogP contribution in [0, 0.1) is 19.8 Å². The predicted molar refractivity (Wildman–Crippen MR) is 134 cm³/mol. The smallest absolute Gasteiger partial charge is 0.358 e. The molecule has 4 aromatic heterocycles. The lowest BCUT2D eigenvalue weighted by molar-refractivity contribution is 0.0551. The van der Waals surface area contributed by atoms with Crippen LogP contribution in [0.4, 0.5) is 0 Å². The number of benzene rings is 1. The van der Waals surface area contributed by atoms with Gasteiger partial charge in [-0.05, 0) is 44.2 Å². The summed E-state index contributed by atoms with van der Waals surface area (Å²) in [4.78, 5) is 17.2. The molecule has 1 aliphatic rings. The number of carboxylic acid groups (broad SMARTS) is 1. The Balaban J connectivity index is 1.72. The molecular weight excluding hydrogens is 458 g/mol. The van der Waals surface area contributed by atoms with Crippen molar-refractivity contribution in [1.82, 2.24) is 24.5 Å². The fraction of sp³-hybridized carbons (Fsp3) is 0.333. The number of hydrogen-bond acceptors (Lipinski definition) is 6. The number of nitrogens with zero attached hydrogens (tertiary/aromatic N) is 5. The maximum absolute atomic E-state index is 12.4. The molecule has 0 aliphatic carbocycles. The van der Waals surface area contributed by atoms with Crippen molar-refractivity contribution < 1.29 is 19.2 Å². The highest BCUT2D eigenvalue weighted by Crippen LogP contribution is 2.42. The standard InChI is InChI=1S/C27H27N5O4/c1-15-21(16(2)36-30-15)19-13-20-22(28-14-19)25-26(23(27(33)34)29-31(25)3)32(20)24(17-7-5-4-6-8-17)18-9-11-35-12-10-18/h4-8,13-14,18,24H,9-12H2,1-3H3,(H,33,34)/t24-/m1/s1. The summed E-state index contributed by atoms with van der Waals surface area (Å²) in [5.74, 6) is -0.0906. The maximum Gasteiger partial charge on any atom is 0.358 e. The van der Waals surface area contributed by atoms with Crippen LogP contribution in [0.25, 0.3) is 33.2 Å². The Morgan fingerprint density at radius 3 is 2.56 bits per heavy atom. The topological polar surface area (TPSA) is 108 Å². The molecule has 1 aliphatic heterocycles. The van der Waals surface area contributed by atoms with Crippen LogP contribution >= 0.6 is 0 Å². The Labute approximate surface area is 207 Å². The Morgan fingerprint density at radius 1 is 1.14 bits per heavy atom. The van der Waals surface area contributed by atoms with Crippen LogP contribution in [0.2, 0.25) is 0 Å². The molecule has 0 unspecified atom stereocenters. The van der Waals surface area contributed by atoms with Crippen LogP contribution in [0.15, 0.2) is 47.1 Å². The van der Waals surface area contributed by atoms with Gasteiger partial charge in [-0.25, -0.2) is 4.79 Å². The quantitative estimate of drug-likeness (QED) is 0.377. The average Bonchev–Trinajstić information content (AvgIpc) is 3.52. The van der Waals surface area contributed by atoms with E-state index in [1.54, 1.807) is 17.9 Å². The Morgan fingerprint density at radius 2 is 1.89 bits per heavy atom. The summed E-state index contributed by atoms with van der Waals surface area (Å²) in [6.07, 6.45) is 3.55. The van der Waals surface area contributed by atoms with E-state index in [0.29, 0.717) is 30.0 Å². The number of hydrogen-bond donors (Lipinski definition) is 1. The third kappa shape index (κ3) is 3.42. The van der Waals surface area contributed by atoms with E-state index in [9.17, 15) is 9.90 Å². The minimum Gasteiger partial charge on any atom is -0.476 e. The van der Waals surface area contributed by atoms with Crippen molar-refractivity contribution in [3.63, 3.8) is 0 Å². The van der Waals surface area contributed by atoms with Gasteiger partial charge in [-0.15, -0.1) is 0 Å². The Hall–Kier alpha value is -3.98. The molecule has 0 spiro atoms. The summed E-state index contributed by atoms with van der Waals surface area (Å²) in [7, 11) is 1.77. The molecule has 0 bridgehead atoms. The summed E-state index contributed by atoms with van der Waals surface area (Å²) in [6.45, 7) is 5.15. The van der Waals surface area contributed by atoms with Crippen LogP contribution in [0.3, 0.4) is 0 Å². The van der Waals surface area contributed by atoms with Crippen molar-refractivity contribution in [3.05, 3.63) is 65.3 Å². The van der Waals surface area contributed by atoms with Gasteiger partial charge in [0.1, 0.15) is 22.3 Å². The minimum absolute atomic E-state index is 0.0254. The summed E-state index contributed by atoms with van der Waals surface area (Å²) in [5, 5.41) is 18.6. The molecule has 0 saturated carbocycles. The Bertz CT molecular complexity index is 1570. The van der Waals surface area contributed by atoms with Crippen LogP contribution < -0.4 is 0 Å². The Kier molecular flexibility index (Phi) is 5.37. The highest BCUT2D eigenvalue weighted by atomic mass is 16.5. The van der Waals surface area contributed by atoms with Crippen LogP contribution in [-0.2, 0) is 11.8 Å². The number of ether oxygens (including phenoxy) is 1. The maximum atomic E-state index is 12.4. The first-order valence-corrected chi connectivity index (χ1v) is 12.1. The second-order valence-electron chi connectivity index (χ2n) is 9.44. The monoisotopic (exact) mass is 485 g/mol. The molecule has 1 aromatic carbocycles. The van der Waals surface area contributed by atoms with Crippen molar-refractivity contribution in [3.8, 4) is 11.1 Å². The number of aryl methyl sites for hydroxylation is 3. The fourth-order valence-corrected chi connectivity index (χ4v) is 5.72.